The van der Waals surface area contributed by atoms with E-state index in [2.05, 4.69) is 55.0 Å². The van der Waals surface area contributed by atoms with Gasteiger partial charge >= 0.3 is 0 Å². The molecule has 0 bridgehead atoms. The van der Waals surface area contributed by atoms with Crippen LogP contribution in [0.1, 0.15) is 113 Å². The van der Waals surface area contributed by atoms with Gasteiger partial charge in [0.05, 0.1) is 11.7 Å². The van der Waals surface area contributed by atoms with Crippen LogP contribution < -0.4 is 0 Å². The van der Waals surface area contributed by atoms with Crippen molar-refractivity contribution in [3.05, 3.63) is 12.2 Å². The molecule has 1 heterocycles. The second-order valence-electron chi connectivity index (χ2n) is 14.3. The fraction of sp³-hybridized carbons (Fsp3) is 0.900. The van der Waals surface area contributed by atoms with E-state index in [1.807, 2.05) is 0 Å². The zero-order chi connectivity index (χ0) is 23.3. The van der Waals surface area contributed by atoms with Crippen molar-refractivity contribution in [2.75, 3.05) is 0 Å². The molecule has 5 fully saturated rings. The molecule has 5 rings (SSSR count). The van der Waals surface area contributed by atoms with Gasteiger partial charge < -0.3 is 4.74 Å². The molecule has 180 valence electrons. The lowest BCUT2D eigenvalue weighted by atomic mass is 9.35. The lowest BCUT2D eigenvalue weighted by Crippen LogP contribution is -2.63. The number of hydrogen-bond donors (Lipinski definition) is 0. The van der Waals surface area contributed by atoms with Gasteiger partial charge in [-0.15, -0.1) is 0 Å². The molecular weight excluding hydrogens is 392 g/mol. The van der Waals surface area contributed by atoms with Gasteiger partial charge in [-0.3, -0.25) is 4.79 Å². The molecule has 1 saturated heterocycles. The number of Topliss-reactive ketones (excluding diaryl/α,β-unsaturated/α-hetero) is 1. The normalized spacial score (nSPS) is 54.6. The van der Waals surface area contributed by atoms with Crippen molar-refractivity contribution in [2.45, 2.75) is 124 Å². The van der Waals surface area contributed by atoms with Crippen LogP contribution in [0.25, 0.3) is 0 Å². The smallest absolute Gasteiger partial charge is 0.138 e. The third kappa shape index (κ3) is 2.77. The zero-order valence-corrected chi connectivity index (χ0v) is 22.0. The molecule has 32 heavy (non-hydrogen) atoms. The first-order chi connectivity index (χ1) is 14.8. The molecular formula is C30H48O2. The Bertz CT molecular complexity index is 827. The van der Waals surface area contributed by atoms with E-state index >= 15 is 0 Å². The van der Waals surface area contributed by atoms with Crippen molar-refractivity contribution < 1.29 is 9.53 Å². The Morgan fingerprint density at radius 3 is 2.16 bits per heavy atom. The molecule has 0 aromatic carbocycles. The van der Waals surface area contributed by atoms with Gasteiger partial charge in [-0.1, -0.05) is 46.8 Å². The third-order valence-electron chi connectivity index (χ3n) is 12.8. The monoisotopic (exact) mass is 440 g/mol. The van der Waals surface area contributed by atoms with Gasteiger partial charge in [0.15, 0.2) is 0 Å². The van der Waals surface area contributed by atoms with Crippen molar-refractivity contribution in [3.63, 3.8) is 0 Å². The van der Waals surface area contributed by atoms with E-state index in [-0.39, 0.29) is 17.1 Å². The Kier molecular flexibility index (Phi) is 5.03. The molecule has 1 aliphatic heterocycles. The summed E-state index contributed by atoms with van der Waals surface area (Å²) in [7, 11) is 0. The average molecular weight is 441 g/mol. The summed E-state index contributed by atoms with van der Waals surface area (Å²) in [5.74, 6) is 3.28. The lowest BCUT2D eigenvalue weighted by molar-refractivity contribution is -0.207. The van der Waals surface area contributed by atoms with E-state index in [4.69, 9.17) is 4.74 Å². The summed E-state index contributed by atoms with van der Waals surface area (Å²) in [4.78, 5) is 12.9. The Morgan fingerprint density at radius 2 is 1.50 bits per heavy atom. The number of ether oxygens (including phenoxy) is 1. The molecule has 2 heteroatoms. The Labute approximate surface area is 197 Å². The van der Waals surface area contributed by atoms with Gasteiger partial charge in [-0.2, -0.15) is 0 Å². The molecule has 9 atom stereocenters. The van der Waals surface area contributed by atoms with E-state index in [1.165, 1.54) is 50.5 Å². The summed E-state index contributed by atoms with van der Waals surface area (Å²) in [5, 5.41) is 0. The van der Waals surface area contributed by atoms with Crippen LogP contribution in [0, 0.1) is 45.3 Å². The molecule has 0 aromatic rings. The quantitative estimate of drug-likeness (QED) is 0.410. The second-order valence-corrected chi connectivity index (χ2v) is 14.3. The maximum Gasteiger partial charge on any atom is 0.138 e. The van der Waals surface area contributed by atoms with Crippen LogP contribution in [0.5, 0.6) is 0 Å². The van der Waals surface area contributed by atoms with Crippen molar-refractivity contribution in [1.29, 1.82) is 0 Å². The van der Waals surface area contributed by atoms with Crippen LogP contribution in [0.15, 0.2) is 12.2 Å². The highest BCUT2D eigenvalue weighted by Gasteiger charge is 2.69. The van der Waals surface area contributed by atoms with Crippen molar-refractivity contribution >= 4 is 5.78 Å². The lowest BCUT2D eigenvalue weighted by Gasteiger charge is -2.69. The summed E-state index contributed by atoms with van der Waals surface area (Å²) in [6.07, 6.45) is 12.4. The fourth-order valence-electron chi connectivity index (χ4n) is 10.8. The number of ketones is 1. The highest BCUT2D eigenvalue weighted by molar-refractivity contribution is 5.85. The minimum absolute atomic E-state index is 0.0234. The molecule has 0 amide bonds. The van der Waals surface area contributed by atoms with Gasteiger partial charge in [-0.25, -0.2) is 0 Å². The number of hydrogen-bond acceptors (Lipinski definition) is 2. The first-order valence-electron chi connectivity index (χ1n) is 13.7. The maximum absolute atomic E-state index is 12.9. The highest BCUT2D eigenvalue weighted by atomic mass is 16.5. The summed E-state index contributed by atoms with van der Waals surface area (Å²) >= 11 is 0. The van der Waals surface area contributed by atoms with Crippen LogP contribution in [-0.4, -0.2) is 17.5 Å². The number of carbonyl (C=O) groups excluding carboxylic acids is 1. The summed E-state index contributed by atoms with van der Waals surface area (Å²) in [5.41, 5.74) is 2.17. The van der Waals surface area contributed by atoms with Crippen LogP contribution in [0.2, 0.25) is 0 Å². The largest absolute Gasteiger partial charge is 0.367 e. The molecule has 9 unspecified atom stereocenters. The van der Waals surface area contributed by atoms with Crippen molar-refractivity contribution in [3.8, 4) is 0 Å². The SMILES string of the molecule is C=C(C)C1CCC(C)(C2CCC3(C)C2CCC2C4(C)CCC(=O)C(C)(C)C4CCC23C)O1. The summed E-state index contributed by atoms with van der Waals surface area (Å²) in [6, 6.07) is 0. The van der Waals surface area contributed by atoms with Gasteiger partial charge in [0.25, 0.3) is 0 Å². The molecule has 0 N–H and O–H groups in total. The first kappa shape index (κ1) is 23.1. The van der Waals surface area contributed by atoms with Crippen LogP contribution in [-0.2, 0) is 9.53 Å². The van der Waals surface area contributed by atoms with Crippen molar-refractivity contribution in [2.24, 2.45) is 45.3 Å². The van der Waals surface area contributed by atoms with E-state index in [0.717, 1.165) is 31.1 Å². The van der Waals surface area contributed by atoms with Crippen LogP contribution >= 0.6 is 0 Å². The predicted molar refractivity (Wildman–Crippen MR) is 131 cm³/mol. The molecule has 4 saturated carbocycles. The topological polar surface area (TPSA) is 26.3 Å². The second kappa shape index (κ2) is 6.96. The van der Waals surface area contributed by atoms with E-state index in [0.29, 0.717) is 33.9 Å². The molecule has 0 aromatic heterocycles. The van der Waals surface area contributed by atoms with E-state index < -0.39 is 0 Å². The minimum atomic E-state index is -0.146. The Morgan fingerprint density at radius 1 is 0.812 bits per heavy atom. The Hall–Kier alpha value is -0.630. The third-order valence-corrected chi connectivity index (χ3v) is 12.8. The average Bonchev–Trinajstić information content (AvgIpc) is 3.28. The summed E-state index contributed by atoms with van der Waals surface area (Å²) < 4.78 is 6.77. The van der Waals surface area contributed by atoms with Gasteiger partial charge in [0.2, 0.25) is 0 Å². The van der Waals surface area contributed by atoms with E-state index in [1.54, 1.807) is 0 Å². The van der Waals surface area contributed by atoms with Crippen molar-refractivity contribution in [1.82, 2.24) is 0 Å². The number of fused-ring (bicyclic) bond motifs is 5. The highest BCUT2D eigenvalue weighted by Crippen LogP contribution is 2.75. The molecule has 5 aliphatic rings. The summed E-state index contributed by atoms with van der Waals surface area (Å²) in [6.45, 7) is 21.2. The van der Waals surface area contributed by atoms with Gasteiger partial charge in [-0.05, 0) is 112 Å². The fourth-order valence-corrected chi connectivity index (χ4v) is 10.8. The number of rotatable bonds is 2. The number of carbonyl (C=O) groups is 1. The molecule has 0 spiro atoms. The maximum atomic E-state index is 12.9. The van der Waals surface area contributed by atoms with Gasteiger partial charge in [0, 0.05) is 11.8 Å². The van der Waals surface area contributed by atoms with Crippen LogP contribution in [0.3, 0.4) is 0 Å². The van der Waals surface area contributed by atoms with Gasteiger partial charge in [0.1, 0.15) is 5.78 Å². The molecule has 0 radical (unpaired) electrons. The predicted octanol–water partition coefficient (Wildman–Crippen LogP) is 7.75. The minimum Gasteiger partial charge on any atom is -0.367 e. The first-order valence-corrected chi connectivity index (χ1v) is 13.7. The Balaban J connectivity index is 1.46. The van der Waals surface area contributed by atoms with E-state index in [9.17, 15) is 4.79 Å². The van der Waals surface area contributed by atoms with Crippen LogP contribution in [0.4, 0.5) is 0 Å². The standard InChI is InChI=1S/C30H48O2/c1-19(2)22-12-18-30(8,32-22)21-11-16-28(6)20(21)9-10-24-27(5)15-14-25(31)26(3,4)23(27)13-17-29(24,28)7/h20-24H,1,9-18H2,2-8H3. The molecule has 4 aliphatic carbocycles. The zero-order valence-electron chi connectivity index (χ0n) is 22.0. The molecule has 2 nitrogen and oxygen atoms in total.